The van der Waals surface area contributed by atoms with Crippen LogP contribution in [-0.2, 0) is 0 Å². The van der Waals surface area contributed by atoms with Crippen molar-refractivity contribution in [3.8, 4) is 0 Å². The summed E-state index contributed by atoms with van der Waals surface area (Å²) in [5.74, 6) is -2.45. The Bertz CT molecular complexity index is 1270. The Morgan fingerprint density at radius 1 is 0.786 bits per heavy atom. The van der Waals surface area contributed by atoms with Crippen molar-refractivity contribution in [3.05, 3.63) is 89.1 Å². The Balaban J connectivity index is 1.80. The third-order valence-corrected chi connectivity index (χ3v) is 4.56. The molecule has 1 aromatic heterocycles. The van der Waals surface area contributed by atoms with E-state index in [2.05, 4.69) is 11.1 Å². The highest BCUT2D eigenvalue weighted by Crippen LogP contribution is 2.24. The van der Waals surface area contributed by atoms with Crippen LogP contribution in [0.3, 0.4) is 0 Å². The third-order valence-electron chi connectivity index (χ3n) is 4.56. The zero-order valence-electron chi connectivity index (χ0n) is 14.7. The Kier molecular flexibility index (Phi) is 4.33. The largest absolute Gasteiger partial charge is 0.478 e. The van der Waals surface area contributed by atoms with Gasteiger partial charge in [-0.1, -0.05) is 60.7 Å². The predicted molar refractivity (Wildman–Crippen MR) is 109 cm³/mol. The van der Waals surface area contributed by atoms with Crippen LogP contribution in [0.1, 0.15) is 32.0 Å². The number of carbonyl (C=O) groups is 2. The van der Waals surface area contributed by atoms with Gasteiger partial charge < -0.3 is 10.2 Å². The van der Waals surface area contributed by atoms with Gasteiger partial charge in [0.1, 0.15) is 5.69 Å². The van der Waals surface area contributed by atoms with Gasteiger partial charge in [-0.2, -0.15) is 0 Å². The summed E-state index contributed by atoms with van der Waals surface area (Å²) in [5, 5.41) is 21.3. The molecule has 0 atom stereocenters. The second-order valence-corrected chi connectivity index (χ2v) is 6.34. The van der Waals surface area contributed by atoms with Gasteiger partial charge in [0.15, 0.2) is 0 Å². The highest BCUT2D eigenvalue weighted by atomic mass is 16.4. The minimum atomic E-state index is -1.26. The standard InChI is InChI=1S/C23H15NO4/c25-22(26)19-13-21(23(27)28)24-20-11-9-14(12-18(19)20)8-10-16-6-3-5-15-4-1-2-7-17(15)16/h1-13H,(H,25,26)(H,27,28)/b10-8+. The van der Waals surface area contributed by atoms with Crippen molar-refractivity contribution in [1.29, 1.82) is 0 Å². The molecule has 1 heterocycles. The molecule has 0 fully saturated rings. The molecule has 0 unspecified atom stereocenters. The van der Waals surface area contributed by atoms with Gasteiger partial charge in [-0.25, -0.2) is 14.6 Å². The first-order valence-electron chi connectivity index (χ1n) is 8.60. The number of rotatable bonds is 4. The monoisotopic (exact) mass is 369 g/mol. The van der Waals surface area contributed by atoms with Gasteiger partial charge in [0.25, 0.3) is 0 Å². The summed E-state index contributed by atoms with van der Waals surface area (Å²) in [5.41, 5.74) is 1.81. The van der Waals surface area contributed by atoms with E-state index in [1.165, 1.54) is 0 Å². The van der Waals surface area contributed by atoms with Crippen LogP contribution in [-0.4, -0.2) is 27.1 Å². The van der Waals surface area contributed by atoms with Crippen molar-refractivity contribution in [2.75, 3.05) is 0 Å². The number of hydrogen-bond acceptors (Lipinski definition) is 3. The number of carboxylic acid groups (broad SMARTS) is 2. The zero-order valence-corrected chi connectivity index (χ0v) is 14.7. The normalized spacial score (nSPS) is 11.3. The van der Waals surface area contributed by atoms with Crippen molar-refractivity contribution in [2.45, 2.75) is 0 Å². The van der Waals surface area contributed by atoms with Crippen LogP contribution in [0.4, 0.5) is 0 Å². The topological polar surface area (TPSA) is 87.5 Å². The van der Waals surface area contributed by atoms with Crippen LogP contribution in [0, 0.1) is 0 Å². The number of carboxylic acids is 2. The van der Waals surface area contributed by atoms with E-state index in [1.54, 1.807) is 18.2 Å². The fourth-order valence-electron chi connectivity index (χ4n) is 3.22. The van der Waals surface area contributed by atoms with E-state index in [4.69, 9.17) is 5.11 Å². The molecular formula is C23H15NO4. The lowest BCUT2D eigenvalue weighted by Gasteiger charge is -2.06. The van der Waals surface area contributed by atoms with Crippen LogP contribution >= 0.6 is 0 Å². The molecule has 4 rings (SSSR count). The Labute approximate surface area is 160 Å². The maximum Gasteiger partial charge on any atom is 0.354 e. The molecule has 0 amide bonds. The molecule has 0 aliphatic rings. The van der Waals surface area contributed by atoms with Crippen LogP contribution in [0.2, 0.25) is 0 Å². The van der Waals surface area contributed by atoms with Gasteiger partial charge in [-0.15, -0.1) is 0 Å². The summed E-state index contributed by atoms with van der Waals surface area (Å²) < 4.78 is 0. The highest BCUT2D eigenvalue weighted by Gasteiger charge is 2.15. The summed E-state index contributed by atoms with van der Waals surface area (Å²) in [6, 6.07) is 20.4. The van der Waals surface area contributed by atoms with Gasteiger partial charge >= 0.3 is 11.9 Å². The minimum absolute atomic E-state index is 0.0807. The van der Waals surface area contributed by atoms with Crippen molar-refractivity contribution in [1.82, 2.24) is 4.98 Å². The molecule has 5 nitrogen and oxygen atoms in total. The Hall–Kier alpha value is -3.99. The van der Waals surface area contributed by atoms with E-state index < -0.39 is 11.9 Å². The smallest absolute Gasteiger partial charge is 0.354 e. The fraction of sp³-hybridized carbons (Fsp3) is 0. The number of pyridine rings is 1. The van der Waals surface area contributed by atoms with Gasteiger partial charge in [0.05, 0.1) is 11.1 Å². The number of fused-ring (bicyclic) bond motifs is 2. The zero-order chi connectivity index (χ0) is 19.7. The fourth-order valence-corrected chi connectivity index (χ4v) is 3.22. The van der Waals surface area contributed by atoms with Crippen molar-refractivity contribution >= 4 is 45.8 Å². The first-order valence-corrected chi connectivity index (χ1v) is 8.60. The number of aromatic nitrogens is 1. The number of nitrogens with zero attached hydrogens (tertiary/aromatic N) is 1. The summed E-state index contributed by atoms with van der Waals surface area (Å²) in [6.45, 7) is 0. The van der Waals surface area contributed by atoms with E-state index >= 15 is 0 Å². The second kappa shape index (κ2) is 6.96. The van der Waals surface area contributed by atoms with Gasteiger partial charge in [0.2, 0.25) is 0 Å². The Morgan fingerprint density at radius 2 is 1.57 bits per heavy atom. The number of hydrogen-bond donors (Lipinski definition) is 2. The molecule has 28 heavy (non-hydrogen) atoms. The minimum Gasteiger partial charge on any atom is -0.478 e. The van der Waals surface area contributed by atoms with E-state index in [1.807, 2.05) is 48.6 Å². The lowest BCUT2D eigenvalue weighted by molar-refractivity contribution is 0.0691. The van der Waals surface area contributed by atoms with E-state index in [-0.39, 0.29) is 11.3 Å². The average molecular weight is 369 g/mol. The predicted octanol–water partition coefficient (Wildman–Crippen LogP) is 4.95. The summed E-state index contributed by atoms with van der Waals surface area (Å²) in [4.78, 5) is 26.8. The first kappa shape index (κ1) is 17.4. The van der Waals surface area contributed by atoms with Crippen LogP contribution in [0.5, 0.6) is 0 Å². The summed E-state index contributed by atoms with van der Waals surface area (Å²) >= 11 is 0. The Morgan fingerprint density at radius 3 is 2.36 bits per heavy atom. The molecule has 0 aliphatic heterocycles. The first-order chi connectivity index (χ1) is 13.5. The number of aromatic carboxylic acids is 2. The van der Waals surface area contributed by atoms with Gasteiger partial charge in [0, 0.05) is 5.39 Å². The molecule has 0 aliphatic carbocycles. The second-order valence-electron chi connectivity index (χ2n) is 6.34. The van der Waals surface area contributed by atoms with E-state index in [9.17, 15) is 14.7 Å². The maximum atomic E-state index is 11.6. The van der Waals surface area contributed by atoms with Crippen LogP contribution in [0.25, 0.3) is 33.8 Å². The number of benzene rings is 3. The molecule has 4 aromatic rings. The molecule has 2 N–H and O–H groups in total. The van der Waals surface area contributed by atoms with Crippen molar-refractivity contribution in [3.63, 3.8) is 0 Å². The molecule has 0 bridgehead atoms. The third kappa shape index (κ3) is 3.21. The SMILES string of the molecule is O=C(O)c1cc(C(=O)O)c2cc(/C=C/c3cccc4ccccc34)ccc2n1. The molecule has 0 saturated carbocycles. The van der Waals surface area contributed by atoms with Gasteiger partial charge in [-0.3, -0.25) is 0 Å². The average Bonchev–Trinajstić information content (AvgIpc) is 2.71. The molecule has 3 aromatic carbocycles. The lowest BCUT2D eigenvalue weighted by atomic mass is 10.0. The molecular weight excluding hydrogens is 354 g/mol. The lowest BCUT2D eigenvalue weighted by Crippen LogP contribution is -2.06. The van der Waals surface area contributed by atoms with E-state index in [0.29, 0.717) is 10.9 Å². The molecule has 0 spiro atoms. The van der Waals surface area contributed by atoms with Crippen LogP contribution in [0.15, 0.2) is 66.7 Å². The molecule has 136 valence electrons. The maximum absolute atomic E-state index is 11.6. The van der Waals surface area contributed by atoms with E-state index in [0.717, 1.165) is 28.0 Å². The highest BCUT2D eigenvalue weighted by molar-refractivity contribution is 6.05. The van der Waals surface area contributed by atoms with Gasteiger partial charge in [-0.05, 0) is 40.1 Å². The quantitative estimate of drug-likeness (QED) is 0.497. The summed E-state index contributed by atoms with van der Waals surface area (Å²) in [6.07, 6.45) is 3.88. The van der Waals surface area contributed by atoms with Crippen molar-refractivity contribution < 1.29 is 19.8 Å². The molecule has 5 heteroatoms. The van der Waals surface area contributed by atoms with Crippen LogP contribution < -0.4 is 0 Å². The molecule has 0 radical (unpaired) electrons. The summed E-state index contributed by atoms with van der Waals surface area (Å²) in [7, 11) is 0. The molecule has 0 saturated heterocycles. The van der Waals surface area contributed by atoms with Crippen molar-refractivity contribution in [2.24, 2.45) is 0 Å².